The minimum absolute atomic E-state index is 0.185. The maximum Gasteiger partial charge on any atom is 0.338 e. The van der Waals surface area contributed by atoms with Gasteiger partial charge in [0.2, 0.25) is 0 Å². The number of esters is 1. The van der Waals surface area contributed by atoms with Crippen LogP contribution >= 0.6 is 34.5 Å². The van der Waals surface area contributed by atoms with Gasteiger partial charge < -0.3 is 14.2 Å². The van der Waals surface area contributed by atoms with Crippen LogP contribution in [0.3, 0.4) is 0 Å². The molecule has 0 bridgehead atoms. The predicted octanol–water partition coefficient (Wildman–Crippen LogP) is 6.47. The monoisotopic (exact) mass is 636 g/mol. The molecule has 0 saturated carbocycles. The van der Waals surface area contributed by atoms with Crippen molar-refractivity contribution in [3.05, 3.63) is 124 Å². The maximum atomic E-state index is 14.0. The van der Waals surface area contributed by atoms with E-state index in [1.807, 2.05) is 61.5 Å². The summed E-state index contributed by atoms with van der Waals surface area (Å²) >= 11 is 13.8. The molecule has 43 heavy (non-hydrogen) atoms. The van der Waals surface area contributed by atoms with Crippen LogP contribution in [0, 0.1) is 0 Å². The Bertz CT molecular complexity index is 1860. The molecule has 1 aliphatic heterocycles. The second kappa shape index (κ2) is 13.6. The third kappa shape index (κ3) is 6.72. The van der Waals surface area contributed by atoms with E-state index in [9.17, 15) is 9.59 Å². The number of rotatable bonds is 10. The van der Waals surface area contributed by atoms with Crippen LogP contribution in [-0.2, 0) is 16.1 Å². The molecule has 0 radical (unpaired) electrons. The second-order valence-corrected chi connectivity index (χ2v) is 11.7. The van der Waals surface area contributed by atoms with E-state index in [1.165, 1.54) is 11.3 Å². The second-order valence-electron chi connectivity index (χ2n) is 9.79. The number of carbonyl (C=O) groups excluding carboxylic acids is 1. The SMILES string of the molecule is CCCC1=C(C(=O)OCC)[C@H](c2cc(Cl)ccc2OC)n2c(s/c(=C/c3ccc(OCc4cccc(Cl)c4)cc3)c2=O)=N1. The number of methoxy groups -OCH3 is 1. The summed E-state index contributed by atoms with van der Waals surface area (Å²) in [6, 6.07) is 19.3. The number of hydrogen-bond donors (Lipinski definition) is 0. The number of fused-ring (bicyclic) bond motifs is 1. The standard InChI is InChI=1S/C33H30Cl2N2O5S/c1-4-7-26-29(32(39)41-5-2)30(25-18-23(35)12-15-27(25)40-3)37-31(38)28(43-33(37)36-26)17-20-10-13-24(14-11-20)42-19-21-8-6-9-22(34)16-21/h6,8-18,30H,4-5,7,19H2,1-3H3/b28-17+/t30-/m0/s1. The molecule has 7 nitrogen and oxygen atoms in total. The van der Waals surface area contributed by atoms with Gasteiger partial charge in [-0.2, -0.15) is 0 Å². The third-order valence-corrected chi connectivity index (χ3v) is 8.30. The van der Waals surface area contributed by atoms with E-state index in [0.29, 0.717) is 60.7 Å². The smallest absolute Gasteiger partial charge is 0.338 e. The van der Waals surface area contributed by atoms with E-state index in [1.54, 1.807) is 36.8 Å². The van der Waals surface area contributed by atoms with E-state index in [4.69, 9.17) is 42.4 Å². The number of hydrogen-bond acceptors (Lipinski definition) is 7. The first-order valence-electron chi connectivity index (χ1n) is 13.9. The van der Waals surface area contributed by atoms with Crippen LogP contribution < -0.4 is 24.4 Å². The molecule has 0 fully saturated rings. The highest BCUT2D eigenvalue weighted by molar-refractivity contribution is 7.07. The molecule has 222 valence electrons. The van der Waals surface area contributed by atoms with Crippen molar-refractivity contribution >= 4 is 46.6 Å². The number of carbonyl (C=O) groups is 1. The zero-order chi connectivity index (χ0) is 30.5. The van der Waals surface area contributed by atoms with Crippen LogP contribution in [-0.4, -0.2) is 24.3 Å². The van der Waals surface area contributed by atoms with Crippen LogP contribution in [0.15, 0.2) is 87.8 Å². The van der Waals surface area contributed by atoms with Gasteiger partial charge in [0.05, 0.1) is 29.5 Å². The van der Waals surface area contributed by atoms with Crippen LogP contribution in [0.2, 0.25) is 10.0 Å². The normalized spacial score (nSPS) is 14.7. The summed E-state index contributed by atoms with van der Waals surface area (Å²) in [5.41, 5.74) is 2.97. The fourth-order valence-corrected chi connectivity index (χ4v) is 6.35. The van der Waals surface area contributed by atoms with E-state index in [0.717, 1.165) is 17.5 Å². The number of benzene rings is 3. The summed E-state index contributed by atoms with van der Waals surface area (Å²) in [5.74, 6) is 0.663. The molecule has 1 aromatic heterocycles. The van der Waals surface area contributed by atoms with Crippen LogP contribution in [0.1, 0.15) is 49.4 Å². The highest BCUT2D eigenvalue weighted by Crippen LogP contribution is 2.38. The Morgan fingerprint density at radius 1 is 1.05 bits per heavy atom. The molecule has 10 heteroatoms. The lowest BCUT2D eigenvalue weighted by molar-refractivity contribution is -0.139. The lowest BCUT2D eigenvalue weighted by Gasteiger charge is -2.27. The molecule has 3 aromatic carbocycles. The van der Waals surface area contributed by atoms with E-state index in [2.05, 4.69) is 0 Å². The average Bonchev–Trinajstić information content (AvgIpc) is 3.30. The van der Waals surface area contributed by atoms with Gasteiger partial charge in [-0.15, -0.1) is 0 Å². The first-order valence-corrected chi connectivity index (χ1v) is 15.4. The highest BCUT2D eigenvalue weighted by atomic mass is 35.5. The molecule has 1 atom stereocenters. The largest absolute Gasteiger partial charge is 0.496 e. The predicted molar refractivity (Wildman–Crippen MR) is 170 cm³/mol. The summed E-state index contributed by atoms with van der Waals surface area (Å²) in [5, 5.41) is 1.11. The van der Waals surface area contributed by atoms with Crippen molar-refractivity contribution in [1.29, 1.82) is 0 Å². The zero-order valence-electron chi connectivity index (χ0n) is 23.9. The molecule has 2 heterocycles. The summed E-state index contributed by atoms with van der Waals surface area (Å²) in [6.07, 6.45) is 3.10. The molecular formula is C33H30Cl2N2O5S. The summed E-state index contributed by atoms with van der Waals surface area (Å²) in [6.45, 7) is 4.33. The van der Waals surface area contributed by atoms with Crippen molar-refractivity contribution in [2.24, 2.45) is 4.99 Å². The number of ether oxygens (including phenoxy) is 3. The number of halogens is 2. The van der Waals surface area contributed by atoms with Gasteiger partial charge in [0.25, 0.3) is 5.56 Å². The van der Waals surface area contributed by atoms with E-state index in [-0.39, 0.29) is 12.2 Å². The van der Waals surface area contributed by atoms with Crippen molar-refractivity contribution in [2.45, 2.75) is 39.3 Å². The maximum absolute atomic E-state index is 14.0. The summed E-state index contributed by atoms with van der Waals surface area (Å²) < 4.78 is 19.0. The summed E-state index contributed by atoms with van der Waals surface area (Å²) in [4.78, 5) is 32.7. The molecule has 0 aliphatic carbocycles. The molecular weight excluding hydrogens is 607 g/mol. The van der Waals surface area contributed by atoms with Crippen molar-refractivity contribution in [3.63, 3.8) is 0 Å². The third-order valence-electron chi connectivity index (χ3n) is 6.85. The number of nitrogens with zero attached hydrogens (tertiary/aromatic N) is 2. The lowest BCUT2D eigenvalue weighted by Crippen LogP contribution is -2.40. The highest BCUT2D eigenvalue weighted by Gasteiger charge is 2.36. The van der Waals surface area contributed by atoms with E-state index >= 15 is 0 Å². The number of allylic oxidation sites excluding steroid dienone is 1. The molecule has 5 rings (SSSR count). The quantitative estimate of drug-likeness (QED) is 0.186. The zero-order valence-corrected chi connectivity index (χ0v) is 26.3. The molecule has 0 saturated heterocycles. The minimum atomic E-state index is -0.824. The molecule has 0 N–H and O–H groups in total. The Morgan fingerprint density at radius 2 is 1.81 bits per heavy atom. The Balaban J connectivity index is 1.57. The van der Waals surface area contributed by atoms with Gasteiger partial charge in [0.15, 0.2) is 4.80 Å². The molecule has 0 amide bonds. The molecule has 0 spiro atoms. The van der Waals surface area contributed by atoms with Gasteiger partial charge in [0, 0.05) is 15.6 Å². The van der Waals surface area contributed by atoms with Crippen molar-refractivity contribution in [1.82, 2.24) is 4.57 Å². The van der Waals surface area contributed by atoms with Gasteiger partial charge in [-0.3, -0.25) is 9.36 Å². The number of aromatic nitrogens is 1. The topological polar surface area (TPSA) is 79.1 Å². The van der Waals surface area contributed by atoms with Crippen molar-refractivity contribution in [2.75, 3.05) is 13.7 Å². The van der Waals surface area contributed by atoms with E-state index < -0.39 is 12.0 Å². The van der Waals surface area contributed by atoms with Gasteiger partial charge in [-0.1, -0.05) is 72.1 Å². The van der Waals surface area contributed by atoms with Gasteiger partial charge in [0.1, 0.15) is 24.1 Å². The Morgan fingerprint density at radius 3 is 2.51 bits per heavy atom. The molecule has 0 unspecified atom stereocenters. The van der Waals surface area contributed by atoms with Crippen LogP contribution in [0.25, 0.3) is 6.08 Å². The molecule has 1 aliphatic rings. The van der Waals surface area contributed by atoms with Gasteiger partial charge in [-0.25, -0.2) is 9.79 Å². The fraction of sp³-hybridized carbons (Fsp3) is 0.242. The first-order chi connectivity index (χ1) is 20.8. The van der Waals surface area contributed by atoms with Crippen LogP contribution in [0.5, 0.6) is 11.5 Å². The molecule has 4 aromatic rings. The Kier molecular flexibility index (Phi) is 9.70. The van der Waals surface area contributed by atoms with Gasteiger partial charge in [-0.05, 0) is 73.0 Å². The average molecular weight is 638 g/mol. The minimum Gasteiger partial charge on any atom is -0.496 e. The van der Waals surface area contributed by atoms with Crippen LogP contribution in [0.4, 0.5) is 0 Å². The Labute approximate surface area is 263 Å². The van der Waals surface area contributed by atoms with Crippen molar-refractivity contribution in [3.8, 4) is 11.5 Å². The summed E-state index contributed by atoms with van der Waals surface area (Å²) in [7, 11) is 1.54. The number of thiazole rings is 1. The first kappa shape index (κ1) is 30.6. The van der Waals surface area contributed by atoms with Crippen molar-refractivity contribution < 1.29 is 19.0 Å². The fourth-order valence-electron chi connectivity index (χ4n) is 4.94. The Hall–Kier alpha value is -3.85. The lowest BCUT2D eigenvalue weighted by atomic mass is 9.93. The van der Waals surface area contributed by atoms with Gasteiger partial charge >= 0.3 is 5.97 Å².